The number of anilines is 3. The molecule has 1 aromatic heterocycles. The number of fused-ring (bicyclic) bond motifs is 1. The predicted octanol–water partition coefficient (Wildman–Crippen LogP) is 5.88. The first-order chi connectivity index (χ1) is 19.0. The summed E-state index contributed by atoms with van der Waals surface area (Å²) in [5, 5.41) is 16.7. The number of aromatic nitrogens is 1. The van der Waals surface area contributed by atoms with Crippen molar-refractivity contribution in [3.63, 3.8) is 0 Å². The maximum Gasteiger partial charge on any atom is 0.248 e. The molecule has 1 amide bonds. The molecule has 0 saturated carbocycles. The van der Waals surface area contributed by atoms with E-state index in [2.05, 4.69) is 21.7 Å². The summed E-state index contributed by atoms with van der Waals surface area (Å²) in [6, 6.07) is 23.3. The van der Waals surface area contributed by atoms with Crippen molar-refractivity contribution >= 4 is 33.9 Å². The zero-order chi connectivity index (χ0) is 27.6. The molecule has 8 heteroatoms. The van der Waals surface area contributed by atoms with E-state index in [1.165, 1.54) is 12.3 Å². The highest BCUT2D eigenvalue weighted by Crippen LogP contribution is 2.36. The summed E-state index contributed by atoms with van der Waals surface area (Å²) in [7, 11) is 3.86. The molecule has 4 aromatic rings. The van der Waals surface area contributed by atoms with Crippen molar-refractivity contribution < 1.29 is 14.3 Å². The summed E-state index contributed by atoms with van der Waals surface area (Å²) in [6.07, 6.45) is 4.80. The number of hydrogen-bond donors (Lipinski definition) is 2. The average Bonchev–Trinajstić information content (AvgIpc) is 2.94. The SMILES string of the molecule is CCOc1cc2ncc(C#N)c(Nc3ccc(OCc4ccccc4)cc3)c2cc1NC(=O)/C=C/CN(C)C. The van der Waals surface area contributed by atoms with Crippen LogP contribution in [0.15, 0.2) is 85.1 Å². The van der Waals surface area contributed by atoms with Crippen molar-refractivity contribution in [2.75, 3.05) is 37.9 Å². The molecule has 0 aliphatic heterocycles. The zero-order valence-corrected chi connectivity index (χ0v) is 22.3. The monoisotopic (exact) mass is 521 g/mol. The number of ether oxygens (including phenoxy) is 2. The Morgan fingerprint density at radius 2 is 1.85 bits per heavy atom. The first kappa shape index (κ1) is 27.2. The van der Waals surface area contributed by atoms with Gasteiger partial charge in [-0.3, -0.25) is 9.78 Å². The zero-order valence-electron chi connectivity index (χ0n) is 22.3. The van der Waals surface area contributed by atoms with Crippen LogP contribution in [0, 0.1) is 11.3 Å². The van der Waals surface area contributed by atoms with Crippen molar-refractivity contribution in [1.29, 1.82) is 5.26 Å². The van der Waals surface area contributed by atoms with Crippen molar-refractivity contribution in [3.05, 3.63) is 96.2 Å². The maximum atomic E-state index is 12.6. The molecule has 0 atom stereocenters. The van der Waals surface area contributed by atoms with Crippen LogP contribution in [0.1, 0.15) is 18.1 Å². The standard InChI is InChI=1S/C31H31N5O3/c1-4-38-29-18-27-26(17-28(29)35-30(37)11-8-16-36(2)3)31(23(19-32)20-33-27)34-24-12-14-25(15-13-24)39-21-22-9-6-5-7-10-22/h5-15,17-18,20H,4,16,21H2,1-3H3,(H,33,34)(H,35,37)/b11-8+. The number of carbonyl (C=O) groups excluding carboxylic acids is 1. The number of likely N-dealkylation sites (N-methyl/N-ethyl adjacent to an activating group) is 1. The van der Waals surface area contributed by atoms with Crippen LogP contribution in [-0.4, -0.2) is 43.0 Å². The van der Waals surface area contributed by atoms with Gasteiger partial charge >= 0.3 is 0 Å². The lowest BCUT2D eigenvalue weighted by Gasteiger charge is -2.16. The van der Waals surface area contributed by atoms with Gasteiger partial charge in [-0.15, -0.1) is 0 Å². The third-order valence-electron chi connectivity index (χ3n) is 5.76. The Hall–Kier alpha value is -4.87. The van der Waals surface area contributed by atoms with E-state index in [0.717, 1.165) is 17.0 Å². The Morgan fingerprint density at radius 1 is 1.08 bits per heavy atom. The van der Waals surface area contributed by atoms with Gasteiger partial charge in [0.1, 0.15) is 24.2 Å². The number of carbonyl (C=O) groups is 1. The van der Waals surface area contributed by atoms with Crippen LogP contribution in [0.3, 0.4) is 0 Å². The minimum absolute atomic E-state index is 0.276. The van der Waals surface area contributed by atoms with Crippen LogP contribution < -0.4 is 20.1 Å². The highest BCUT2D eigenvalue weighted by Gasteiger charge is 2.15. The maximum absolute atomic E-state index is 12.6. The number of amides is 1. The van der Waals surface area contributed by atoms with Crippen molar-refractivity contribution in [2.24, 2.45) is 0 Å². The molecule has 0 spiro atoms. The van der Waals surface area contributed by atoms with Gasteiger partial charge in [-0.2, -0.15) is 5.26 Å². The third kappa shape index (κ3) is 7.34. The second-order valence-corrected chi connectivity index (χ2v) is 9.03. The third-order valence-corrected chi connectivity index (χ3v) is 5.76. The van der Waals surface area contributed by atoms with Gasteiger partial charge in [0.25, 0.3) is 0 Å². The Labute approximate surface area is 228 Å². The lowest BCUT2D eigenvalue weighted by molar-refractivity contribution is -0.111. The van der Waals surface area contributed by atoms with Gasteiger partial charge in [0.15, 0.2) is 0 Å². The highest BCUT2D eigenvalue weighted by atomic mass is 16.5. The van der Waals surface area contributed by atoms with E-state index in [-0.39, 0.29) is 5.91 Å². The molecule has 0 bridgehead atoms. The highest BCUT2D eigenvalue weighted by molar-refractivity contribution is 6.04. The van der Waals surface area contributed by atoms with Crippen LogP contribution in [0.25, 0.3) is 10.9 Å². The van der Waals surface area contributed by atoms with Crippen LogP contribution in [0.5, 0.6) is 11.5 Å². The Bertz CT molecular complexity index is 1490. The van der Waals surface area contributed by atoms with Crippen LogP contribution >= 0.6 is 0 Å². The second kappa shape index (κ2) is 13.1. The van der Waals surface area contributed by atoms with E-state index in [1.807, 2.05) is 80.5 Å². The van der Waals surface area contributed by atoms with E-state index in [9.17, 15) is 10.1 Å². The summed E-state index contributed by atoms with van der Waals surface area (Å²) in [4.78, 5) is 19.0. The summed E-state index contributed by atoms with van der Waals surface area (Å²) < 4.78 is 11.7. The summed E-state index contributed by atoms with van der Waals surface area (Å²) in [6.45, 7) is 3.41. The molecule has 4 rings (SSSR count). The lowest BCUT2D eigenvalue weighted by Crippen LogP contribution is -2.13. The van der Waals surface area contributed by atoms with Gasteiger partial charge in [-0.05, 0) is 56.9 Å². The molecule has 2 N–H and O–H groups in total. The van der Waals surface area contributed by atoms with Gasteiger partial charge in [-0.25, -0.2) is 0 Å². The van der Waals surface area contributed by atoms with Gasteiger partial charge < -0.3 is 25.0 Å². The first-order valence-corrected chi connectivity index (χ1v) is 12.6. The van der Waals surface area contributed by atoms with Crippen molar-refractivity contribution in [2.45, 2.75) is 13.5 Å². The fraction of sp³-hybridized carbons (Fsp3) is 0.194. The molecule has 0 saturated heterocycles. The molecule has 0 aliphatic carbocycles. The Morgan fingerprint density at radius 3 is 2.54 bits per heavy atom. The molecule has 39 heavy (non-hydrogen) atoms. The quantitative estimate of drug-likeness (QED) is 0.238. The van der Waals surface area contributed by atoms with Crippen molar-refractivity contribution in [3.8, 4) is 17.6 Å². The molecule has 1 heterocycles. The minimum atomic E-state index is -0.276. The average molecular weight is 522 g/mol. The molecule has 0 fully saturated rings. The predicted molar refractivity (Wildman–Crippen MR) is 154 cm³/mol. The summed E-state index contributed by atoms with van der Waals surface area (Å²) >= 11 is 0. The topological polar surface area (TPSA) is 99.5 Å². The van der Waals surface area contributed by atoms with Gasteiger partial charge in [0, 0.05) is 36.0 Å². The van der Waals surface area contributed by atoms with Gasteiger partial charge in [-0.1, -0.05) is 36.4 Å². The summed E-state index contributed by atoms with van der Waals surface area (Å²) in [5.41, 5.74) is 3.94. The number of pyridine rings is 1. The molecule has 0 radical (unpaired) electrons. The minimum Gasteiger partial charge on any atom is -0.492 e. The number of hydrogen-bond acceptors (Lipinski definition) is 7. The van der Waals surface area contributed by atoms with Gasteiger partial charge in [0.05, 0.1) is 29.1 Å². The van der Waals surface area contributed by atoms with Crippen LogP contribution in [-0.2, 0) is 11.4 Å². The van der Waals surface area contributed by atoms with Gasteiger partial charge in [0.2, 0.25) is 5.91 Å². The Balaban J connectivity index is 1.61. The van der Waals surface area contributed by atoms with Crippen LogP contribution in [0.4, 0.5) is 17.1 Å². The molecule has 3 aromatic carbocycles. The summed E-state index contributed by atoms with van der Waals surface area (Å²) in [5.74, 6) is 0.961. The number of nitrogens with one attached hydrogen (secondary N) is 2. The number of rotatable bonds is 11. The van der Waals surface area contributed by atoms with E-state index >= 15 is 0 Å². The molecule has 0 unspecified atom stereocenters. The van der Waals surface area contributed by atoms with E-state index < -0.39 is 0 Å². The van der Waals surface area contributed by atoms with E-state index in [1.54, 1.807) is 18.2 Å². The van der Waals surface area contributed by atoms with E-state index in [4.69, 9.17) is 9.47 Å². The first-order valence-electron chi connectivity index (χ1n) is 12.6. The normalized spacial score (nSPS) is 10.9. The Kier molecular flexibility index (Phi) is 9.11. The van der Waals surface area contributed by atoms with Crippen molar-refractivity contribution in [1.82, 2.24) is 9.88 Å². The molecular formula is C31H31N5O3. The fourth-order valence-electron chi connectivity index (χ4n) is 3.88. The number of nitrogens with zero attached hydrogens (tertiary/aromatic N) is 3. The van der Waals surface area contributed by atoms with E-state index in [0.29, 0.717) is 53.3 Å². The molecule has 0 aliphatic rings. The number of benzene rings is 3. The molecule has 198 valence electrons. The second-order valence-electron chi connectivity index (χ2n) is 9.03. The number of nitriles is 1. The largest absolute Gasteiger partial charge is 0.492 e. The molecule has 8 nitrogen and oxygen atoms in total. The fourth-order valence-corrected chi connectivity index (χ4v) is 3.88. The lowest BCUT2D eigenvalue weighted by atomic mass is 10.1. The van der Waals surface area contributed by atoms with Crippen LogP contribution in [0.2, 0.25) is 0 Å². The molecular weight excluding hydrogens is 490 g/mol. The smallest absolute Gasteiger partial charge is 0.248 e.